The summed E-state index contributed by atoms with van der Waals surface area (Å²) in [5.41, 5.74) is 1.04. The smallest absolute Gasteiger partial charge is 0.151 e. The Hall–Kier alpha value is 0.380. The van der Waals surface area contributed by atoms with Gasteiger partial charge in [-0.2, -0.15) is 0 Å². The predicted octanol–water partition coefficient (Wildman–Crippen LogP) is 7.81. The van der Waals surface area contributed by atoms with Gasteiger partial charge in [0.1, 0.15) is 6.10 Å². The summed E-state index contributed by atoms with van der Waals surface area (Å²) in [6.45, 7) is 3.87. The Kier molecular flexibility index (Phi) is 6.56. The molecule has 0 aliphatic rings. The SMILES string of the molecule is C=CC(Oc1c(Br)c(Br)c(Br)c(Br)c1Br)c1ccccc1. The summed E-state index contributed by atoms with van der Waals surface area (Å²) in [6.07, 6.45) is 1.54. The van der Waals surface area contributed by atoms with Crippen molar-refractivity contribution in [2.24, 2.45) is 0 Å². The van der Waals surface area contributed by atoms with Gasteiger partial charge in [-0.15, -0.1) is 0 Å². The fraction of sp³-hybridized carbons (Fsp3) is 0.0667. The van der Waals surface area contributed by atoms with Gasteiger partial charge in [0.25, 0.3) is 0 Å². The van der Waals surface area contributed by atoms with Crippen molar-refractivity contribution in [2.75, 3.05) is 0 Å². The minimum absolute atomic E-state index is 0.237. The van der Waals surface area contributed by atoms with E-state index < -0.39 is 0 Å². The zero-order valence-corrected chi connectivity index (χ0v) is 18.5. The van der Waals surface area contributed by atoms with Crippen LogP contribution in [0.4, 0.5) is 0 Å². The number of halogens is 5. The molecule has 0 bridgehead atoms. The van der Waals surface area contributed by atoms with Crippen molar-refractivity contribution in [3.05, 3.63) is 70.9 Å². The fourth-order valence-corrected chi connectivity index (χ4v) is 4.91. The van der Waals surface area contributed by atoms with Crippen LogP contribution in [0.2, 0.25) is 0 Å². The lowest BCUT2D eigenvalue weighted by Crippen LogP contribution is -2.05. The maximum Gasteiger partial charge on any atom is 0.151 e. The third-order valence-corrected chi connectivity index (χ3v) is 8.78. The van der Waals surface area contributed by atoms with Gasteiger partial charge in [0.15, 0.2) is 5.75 Å². The first-order valence-electron chi connectivity index (χ1n) is 5.83. The first kappa shape index (κ1) is 17.7. The zero-order valence-electron chi connectivity index (χ0n) is 10.5. The third-order valence-electron chi connectivity index (χ3n) is 2.76. The van der Waals surface area contributed by atoms with E-state index in [0.717, 1.165) is 27.9 Å². The molecule has 0 amide bonds. The molecule has 0 radical (unpaired) electrons. The zero-order chi connectivity index (χ0) is 15.6. The average Bonchev–Trinajstić information content (AvgIpc) is 2.52. The number of benzene rings is 2. The van der Waals surface area contributed by atoms with Crippen LogP contribution in [0.5, 0.6) is 5.75 Å². The van der Waals surface area contributed by atoms with E-state index >= 15 is 0 Å². The second kappa shape index (κ2) is 7.77. The Bertz CT molecular complexity index is 641. The van der Waals surface area contributed by atoms with E-state index in [4.69, 9.17) is 4.74 Å². The van der Waals surface area contributed by atoms with Crippen LogP contribution in [-0.4, -0.2) is 0 Å². The summed E-state index contributed by atoms with van der Waals surface area (Å²) in [5.74, 6) is 0.700. The van der Waals surface area contributed by atoms with E-state index in [0.29, 0.717) is 5.75 Å². The topological polar surface area (TPSA) is 9.23 Å². The summed E-state index contributed by atoms with van der Waals surface area (Å²) in [4.78, 5) is 0. The molecule has 6 heteroatoms. The van der Waals surface area contributed by atoms with Crippen LogP contribution >= 0.6 is 79.6 Å². The molecule has 0 aliphatic carbocycles. The number of ether oxygens (including phenoxy) is 1. The predicted molar refractivity (Wildman–Crippen MR) is 105 cm³/mol. The molecule has 2 aromatic carbocycles. The molecular weight excluding hydrogens is 596 g/mol. The van der Waals surface area contributed by atoms with Gasteiger partial charge in [0, 0.05) is 4.47 Å². The Morgan fingerprint density at radius 2 is 1.29 bits per heavy atom. The molecule has 0 saturated carbocycles. The molecule has 1 nitrogen and oxygen atoms in total. The van der Waals surface area contributed by atoms with E-state index in [1.54, 1.807) is 6.08 Å². The first-order chi connectivity index (χ1) is 9.97. The lowest BCUT2D eigenvalue weighted by Gasteiger charge is -2.20. The van der Waals surface area contributed by atoms with Crippen molar-refractivity contribution in [1.29, 1.82) is 0 Å². The average molecular weight is 605 g/mol. The number of hydrogen-bond acceptors (Lipinski definition) is 1. The maximum atomic E-state index is 6.14. The van der Waals surface area contributed by atoms with Crippen LogP contribution in [0, 0.1) is 0 Å². The molecule has 0 spiro atoms. The van der Waals surface area contributed by atoms with E-state index in [1.807, 2.05) is 30.3 Å². The molecule has 0 fully saturated rings. The number of hydrogen-bond donors (Lipinski definition) is 0. The second-order valence-electron chi connectivity index (χ2n) is 4.08. The van der Waals surface area contributed by atoms with E-state index in [9.17, 15) is 0 Å². The van der Waals surface area contributed by atoms with Gasteiger partial charge in [-0.05, 0) is 91.3 Å². The minimum atomic E-state index is -0.237. The molecule has 0 N–H and O–H groups in total. The molecule has 1 atom stereocenters. The lowest BCUT2D eigenvalue weighted by atomic mass is 10.1. The molecule has 1 unspecified atom stereocenters. The molecule has 0 aromatic heterocycles. The Morgan fingerprint density at radius 3 is 1.76 bits per heavy atom. The largest absolute Gasteiger partial charge is 0.479 e. The van der Waals surface area contributed by atoms with Gasteiger partial charge in [0.05, 0.1) is 17.9 Å². The van der Waals surface area contributed by atoms with Gasteiger partial charge in [-0.25, -0.2) is 0 Å². The quantitative estimate of drug-likeness (QED) is 0.197. The van der Waals surface area contributed by atoms with Crippen LogP contribution < -0.4 is 4.74 Å². The lowest BCUT2D eigenvalue weighted by molar-refractivity contribution is 0.252. The van der Waals surface area contributed by atoms with Gasteiger partial charge in [-0.1, -0.05) is 36.9 Å². The Morgan fingerprint density at radius 1 is 0.810 bits per heavy atom. The summed E-state index contributed by atoms with van der Waals surface area (Å²) in [5, 5.41) is 0. The van der Waals surface area contributed by atoms with Crippen molar-refractivity contribution in [2.45, 2.75) is 6.10 Å². The molecule has 0 aliphatic heterocycles. The van der Waals surface area contributed by atoms with Crippen LogP contribution in [0.3, 0.4) is 0 Å². The maximum absolute atomic E-state index is 6.14. The minimum Gasteiger partial charge on any atom is -0.479 e. The van der Waals surface area contributed by atoms with Crippen molar-refractivity contribution in [3.8, 4) is 5.75 Å². The molecule has 2 aromatic rings. The molecule has 110 valence electrons. The van der Waals surface area contributed by atoms with E-state index in [2.05, 4.69) is 86.2 Å². The summed E-state index contributed by atoms with van der Waals surface area (Å²) in [7, 11) is 0. The van der Waals surface area contributed by atoms with Crippen LogP contribution in [0.15, 0.2) is 65.4 Å². The highest BCUT2D eigenvalue weighted by Gasteiger charge is 2.21. The Balaban J connectivity index is 2.46. The van der Waals surface area contributed by atoms with Crippen molar-refractivity contribution < 1.29 is 4.74 Å². The highest BCUT2D eigenvalue weighted by atomic mass is 79.9. The van der Waals surface area contributed by atoms with Crippen molar-refractivity contribution in [3.63, 3.8) is 0 Å². The normalized spacial score (nSPS) is 12.0. The second-order valence-corrected chi connectivity index (χ2v) is 8.05. The standard InChI is InChI=1S/C15H9Br5O/c1-2-9(8-6-4-3-5-7-8)21-15-13(19)11(17)10(16)12(18)14(15)20/h2-7,9H,1H2. The van der Waals surface area contributed by atoms with Gasteiger partial charge >= 0.3 is 0 Å². The molecule has 2 rings (SSSR count). The van der Waals surface area contributed by atoms with Crippen molar-refractivity contribution >= 4 is 79.6 Å². The molecular formula is C15H9Br5O. The van der Waals surface area contributed by atoms with Crippen LogP contribution in [0.1, 0.15) is 11.7 Å². The van der Waals surface area contributed by atoms with Gasteiger partial charge in [0.2, 0.25) is 0 Å². The summed E-state index contributed by atoms with van der Waals surface area (Å²) >= 11 is 17.7. The molecule has 0 heterocycles. The van der Waals surface area contributed by atoms with Crippen molar-refractivity contribution in [1.82, 2.24) is 0 Å². The Labute approximate surface area is 165 Å². The van der Waals surface area contributed by atoms with Gasteiger partial charge < -0.3 is 4.74 Å². The van der Waals surface area contributed by atoms with Crippen LogP contribution in [0.25, 0.3) is 0 Å². The summed E-state index contributed by atoms with van der Waals surface area (Å²) < 4.78 is 10.4. The van der Waals surface area contributed by atoms with Gasteiger partial charge in [-0.3, -0.25) is 0 Å². The van der Waals surface area contributed by atoms with E-state index in [1.165, 1.54) is 0 Å². The first-order valence-corrected chi connectivity index (χ1v) is 9.79. The molecule has 21 heavy (non-hydrogen) atoms. The number of rotatable bonds is 4. The third kappa shape index (κ3) is 3.83. The summed E-state index contributed by atoms with van der Waals surface area (Å²) in [6, 6.07) is 9.95. The fourth-order valence-electron chi connectivity index (χ4n) is 1.71. The monoisotopic (exact) mass is 600 g/mol. The highest BCUT2D eigenvalue weighted by molar-refractivity contribution is 9.15. The highest BCUT2D eigenvalue weighted by Crippen LogP contribution is 2.49. The molecule has 0 saturated heterocycles. The van der Waals surface area contributed by atoms with Crippen LogP contribution in [-0.2, 0) is 0 Å². The van der Waals surface area contributed by atoms with E-state index in [-0.39, 0.29) is 6.10 Å².